The smallest absolute Gasteiger partial charge is 0.333 e. The van der Waals surface area contributed by atoms with Gasteiger partial charge in [-0.1, -0.05) is 0 Å². The first kappa shape index (κ1) is 14.6. The Labute approximate surface area is 108 Å². The maximum absolute atomic E-state index is 13.4. The van der Waals surface area contributed by atoms with Gasteiger partial charge in [0.2, 0.25) is 0 Å². The molecule has 0 fully saturated rings. The van der Waals surface area contributed by atoms with E-state index < -0.39 is 16.7 Å². The summed E-state index contributed by atoms with van der Waals surface area (Å²) >= 11 is 0. The van der Waals surface area contributed by atoms with E-state index in [9.17, 15) is 19.3 Å². The SMILES string of the molecule is COC(=O)C(C)=CCOc1ccc([N+](=O)[O-])cc1F. The van der Waals surface area contributed by atoms with Gasteiger partial charge in [0.05, 0.1) is 18.1 Å². The van der Waals surface area contributed by atoms with Crippen LogP contribution in [0.5, 0.6) is 5.75 Å². The minimum atomic E-state index is -0.835. The van der Waals surface area contributed by atoms with Gasteiger partial charge in [-0.05, 0) is 19.1 Å². The Bertz CT molecular complexity index is 527. The van der Waals surface area contributed by atoms with Crippen LogP contribution in [0.2, 0.25) is 0 Å². The number of hydrogen-bond donors (Lipinski definition) is 0. The highest BCUT2D eigenvalue weighted by molar-refractivity contribution is 5.87. The van der Waals surface area contributed by atoms with E-state index in [4.69, 9.17) is 4.74 Å². The summed E-state index contributed by atoms with van der Waals surface area (Å²) in [6.45, 7) is 1.48. The summed E-state index contributed by atoms with van der Waals surface area (Å²) in [5.74, 6) is -1.47. The van der Waals surface area contributed by atoms with Crippen LogP contribution in [0.3, 0.4) is 0 Å². The fourth-order valence-electron chi connectivity index (χ4n) is 1.22. The summed E-state index contributed by atoms with van der Waals surface area (Å²) in [6, 6.07) is 3.07. The first-order valence-corrected chi connectivity index (χ1v) is 5.27. The zero-order chi connectivity index (χ0) is 14.4. The Morgan fingerprint density at radius 3 is 2.74 bits per heavy atom. The monoisotopic (exact) mass is 269 g/mol. The lowest BCUT2D eigenvalue weighted by atomic mass is 10.3. The lowest BCUT2D eigenvalue weighted by Crippen LogP contribution is -2.04. The van der Waals surface area contributed by atoms with Gasteiger partial charge in [0.25, 0.3) is 5.69 Å². The van der Waals surface area contributed by atoms with E-state index in [1.54, 1.807) is 0 Å². The van der Waals surface area contributed by atoms with E-state index in [2.05, 4.69) is 4.74 Å². The average molecular weight is 269 g/mol. The second-order valence-corrected chi connectivity index (χ2v) is 3.56. The lowest BCUT2D eigenvalue weighted by Gasteiger charge is -2.05. The minimum Gasteiger partial charge on any atom is -0.486 e. The first-order chi connectivity index (χ1) is 8.95. The summed E-state index contributed by atoms with van der Waals surface area (Å²) in [7, 11) is 1.25. The molecule has 1 aromatic carbocycles. The van der Waals surface area contributed by atoms with Crippen molar-refractivity contribution in [2.45, 2.75) is 6.92 Å². The van der Waals surface area contributed by atoms with E-state index in [1.165, 1.54) is 20.1 Å². The molecule has 0 bridgehead atoms. The third-order valence-corrected chi connectivity index (χ3v) is 2.26. The Morgan fingerprint density at radius 2 is 2.21 bits per heavy atom. The molecule has 0 aliphatic carbocycles. The molecule has 6 nitrogen and oxygen atoms in total. The predicted molar refractivity (Wildman–Crippen MR) is 64.3 cm³/mol. The van der Waals surface area contributed by atoms with Gasteiger partial charge in [-0.3, -0.25) is 10.1 Å². The molecule has 102 valence electrons. The van der Waals surface area contributed by atoms with Crippen LogP contribution in [0.4, 0.5) is 10.1 Å². The number of nitro benzene ring substituents is 1. The third-order valence-electron chi connectivity index (χ3n) is 2.26. The largest absolute Gasteiger partial charge is 0.486 e. The summed E-state index contributed by atoms with van der Waals surface area (Å²) in [6.07, 6.45) is 1.42. The van der Waals surface area contributed by atoms with Crippen molar-refractivity contribution in [1.29, 1.82) is 0 Å². The molecule has 0 unspecified atom stereocenters. The Balaban J connectivity index is 2.69. The van der Waals surface area contributed by atoms with Crippen molar-refractivity contribution >= 4 is 11.7 Å². The van der Waals surface area contributed by atoms with Crippen LogP contribution in [0, 0.1) is 15.9 Å². The second kappa shape index (κ2) is 6.48. The number of methoxy groups -OCH3 is 1. The normalized spacial score (nSPS) is 11.0. The lowest BCUT2D eigenvalue weighted by molar-refractivity contribution is -0.385. The van der Waals surface area contributed by atoms with E-state index in [-0.39, 0.29) is 18.0 Å². The zero-order valence-corrected chi connectivity index (χ0v) is 10.4. The Morgan fingerprint density at radius 1 is 1.53 bits per heavy atom. The molecule has 0 saturated heterocycles. The van der Waals surface area contributed by atoms with Gasteiger partial charge in [0.1, 0.15) is 6.61 Å². The summed E-state index contributed by atoms with van der Waals surface area (Å²) in [5, 5.41) is 10.4. The van der Waals surface area contributed by atoms with Crippen molar-refractivity contribution in [1.82, 2.24) is 0 Å². The fourth-order valence-corrected chi connectivity index (χ4v) is 1.22. The summed E-state index contributed by atoms with van der Waals surface area (Å²) < 4.78 is 22.9. The number of rotatable bonds is 5. The van der Waals surface area contributed by atoms with Crippen LogP contribution in [0.15, 0.2) is 29.8 Å². The average Bonchev–Trinajstić information content (AvgIpc) is 2.39. The van der Waals surface area contributed by atoms with E-state index in [0.717, 1.165) is 18.2 Å². The maximum atomic E-state index is 13.4. The highest BCUT2D eigenvalue weighted by atomic mass is 19.1. The molecule has 0 N–H and O–H groups in total. The van der Waals surface area contributed by atoms with Gasteiger partial charge in [-0.15, -0.1) is 0 Å². The number of carbonyl (C=O) groups is 1. The number of nitro groups is 1. The van der Waals surface area contributed by atoms with Crippen molar-refractivity contribution in [2.75, 3.05) is 13.7 Å². The minimum absolute atomic E-state index is 0.0460. The van der Waals surface area contributed by atoms with Crippen LogP contribution in [-0.2, 0) is 9.53 Å². The molecule has 0 saturated carbocycles. The predicted octanol–water partition coefficient (Wildman–Crippen LogP) is 2.23. The molecule has 0 aliphatic heterocycles. The molecule has 0 aliphatic rings. The Hall–Kier alpha value is -2.44. The van der Waals surface area contributed by atoms with Crippen molar-refractivity contribution in [3.63, 3.8) is 0 Å². The quantitative estimate of drug-likeness (QED) is 0.354. The summed E-state index contributed by atoms with van der Waals surface area (Å²) in [5.41, 5.74) is -0.0315. The molecule has 0 amide bonds. The van der Waals surface area contributed by atoms with Gasteiger partial charge in [-0.25, -0.2) is 9.18 Å². The van der Waals surface area contributed by atoms with E-state index >= 15 is 0 Å². The van der Waals surface area contributed by atoms with E-state index in [1.807, 2.05) is 0 Å². The highest BCUT2D eigenvalue weighted by Crippen LogP contribution is 2.22. The van der Waals surface area contributed by atoms with Gasteiger partial charge in [0, 0.05) is 11.6 Å². The number of halogens is 1. The first-order valence-electron chi connectivity index (χ1n) is 5.27. The number of hydrogen-bond acceptors (Lipinski definition) is 5. The van der Waals surface area contributed by atoms with Crippen LogP contribution in [0.25, 0.3) is 0 Å². The van der Waals surface area contributed by atoms with Crippen molar-refractivity contribution in [3.8, 4) is 5.75 Å². The molecule has 0 spiro atoms. The van der Waals surface area contributed by atoms with Crippen LogP contribution in [-0.4, -0.2) is 24.6 Å². The fraction of sp³-hybridized carbons (Fsp3) is 0.250. The third kappa shape index (κ3) is 4.06. The molecular weight excluding hydrogens is 257 g/mol. The van der Waals surface area contributed by atoms with Gasteiger partial charge < -0.3 is 9.47 Å². The van der Waals surface area contributed by atoms with E-state index in [0.29, 0.717) is 5.57 Å². The van der Waals surface area contributed by atoms with Crippen molar-refractivity contribution in [3.05, 3.63) is 45.8 Å². The molecule has 0 heterocycles. The van der Waals surface area contributed by atoms with Gasteiger partial charge in [-0.2, -0.15) is 0 Å². The number of benzene rings is 1. The second-order valence-electron chi connectivity index (χ2n) is 3.56. The number of carbonyl (C=O) groups excluding carboxylic acids is 1. The molecule has 0 aromatic heterocycles. The van der Waals surface area contributed by atoms with Gasteiger partial charge >= 0.3 is 5.97 Å². The molecule has 19 heavy (non-hydrogen) atoms. The van der Waals surface area contributed by atoms with Crippen LogP contribution < -0.4 is 4.74 Å². The topological polar surface area (TPSA) is 78.7 Å². The highest BCUT2D eigenvalue weighted by Gasteiger charge is 2.11. The molecular formula is C12H12FNO5. The van der Waals surface area contributed by atoms with Crippen molar-refractivity contribution in [2.24, 2.45) is 0 Å². The van der Waals surface area contributed by atoms with Crippen LogP contribution in [0.1, 0.15) is 6.92 Å². The number of ether oxygens (including phenoxy) is 2. The molecule has 0 radical (unpaired) electrons. The molecule has 1 aromatic rings. The number of esters is 1. The summed E-state index contributed by atoms with van der Waals surface area (Å²) in [4.78, 5) is 20.8. The number of non-ortho nitro benzene ring substituents is 1. The molecule has 1 rings (SSSR count). The van der Waals surface area contributed by atoms with Crippen molar-refractivity contribution < 1.29 is 23.6 Å². The molecule has 7 heteroatoms. The Kier molecular flexibility index (Phi) is 4.99. The standard InChI is InChI=1S/C12H12FNO5/c1-8(12(15)18-2)5-6-19-11-4-3-9(14(16)17)7-10(11)13/h3-5,7H,6H2,1-2H3. The maximum Gasteiger partial charge on any atom is 0.333 e. The number of nitrogens with zero attached hydrogens (tertiary/aromatic N) is 1. The van der Waals surface area contributed by atoms with Crippen LogP contribution >= 0.6 is 0 Å². The zero-order valence-electron chi connectivity index (χ0n) is 10.4. The molecule has 0 atom stereocenters. The van der Waals surface area contributed by atoms with Gasteiger partial charge in [0.15, 0.2) is 11.6 Å².